The lowest BCUT2D eigenvalue weighted by molar-refractivity contribution is -0.152. The number of hydrogen-bond acceptors (Lipinski definition) is 4. The maximum Gasteiger partial charge on any atom is 0.331 e. The second-order valence-electron chi connectivity index (χ2n) is 8.68. The van der Waals surface area contributed by atoms with Gasteiger partial charge in [-0.3, -0.25) is 9.69 Å². The predicted molar refractivity (Wildman–Crippen MR) is 121 cm³/mol. The number of carboxylic acid groups (broad SMARTS) is 2. The van der Waals surface area contributed by atoms with Gasteiger partial charge in [0.1, 0.15) is 11.3 Å². The van der Waals surface area contributed by atoms with Gasteiger partial charge in [-0.15, -0.1) is 0 Å². The van der Waals surface area contributed by atoms with E-state index in [2.05, 4.69) is 0 Å². The van der Waals surface area contributed by atoms with Crippen LogP contribution in [0.5, 0.6) is 0 Å². The highest BCUT2D eigenvalue weighted by atomic mass is 16.4. The van der Waals surface area contributed by atoms with Crippen molar-refractivity contribution in [1.29, 1.82) is 0 Å². The monoisotopic (exact) mass is 433 g/mol. The van der Waals surface area contributed by atoms with Crippen molar-refractivity contribution in [2.24, 2.45) is 11.8 Å². The first-order valence-electron chi connectivity index (χ1n) is 10.9. The molecule has 32 heavy (non-hydrogen) atoms. The number of fused-ring (bicyclic) bond motifs is 1. The van der Waals surface area contributed by atoms with Crippen molar-refractivity contribution in [2.45, 2.75) is 31.7 Å². The molecule has 0 aromatic heterocycles. The quantitative estimate of drug-likeness (QED) is 0.721. The Balaban J connectivity index is 1.48. The molecular weight excluding hydrogens is 406 g/mol. The molecule has 2 aliphatic rings. The zero-order valence-corrected chi connectivity index (χ0v) is 18.0. The third kappa shape index (κ3) is 3.75. The zero-order chi connectivity index (χ0) is 22.9. The lowest BCUT2D eigenvalue weighted by Gasteiger charge is -2.46. The minimum absolute atomic E-state index is 0.0871. The molecule has 1 aliphatic carbocycles. The molecule has 0 spiro atoms. The standard InChI is InChI=1S/C26H27NO5/c1-17-21(24(29)30)10-5-13-26(17,25(31)32)27-14-11-19(12-15-27)23(28)16-20-8-4-7-18-6-2-3-9-22(18)20/h2-10,13,17,19H,11-12,14-16H2,1H3,(H,29,30)(H,31,32). The average Bonchev–Trinajstić information content (AvgIpc) is 2.79. The lowest BCUT2D eigenvalue weighted by Crippen LogP contribution is -2.61. The third-order valence-electron chi connectivity index (χ3n) is 7.06. The Labute approximate surface area is 186 Å². The molecule has 2 unspecified atom stereocenters. The highest BCUT2D eigenvalue weighted by Crippen LogP contribution is 2.38. The molecule has 6 nitrogen and oxygen atoms in total. The molecule has 6 heteroatoms. The first-order chi connectivity index (χ1) is 15.3. The molecule has 166 valence electrons. The number of rotatable bonds is 6. The van der Waals surface area contributed by atoms with Crippen LogP contribution in [0, 0.1) is 11.8 Å². The second kappa shape index (κ2) is 8.71. The number of carbonyl (C=O) groups is 3. The van der Waals surface area contributed by atoms with Gasteiger partial charge in [0.05, 0.1) is 0 Å². The van der Waals surface area contributed by atoms with Gasteiger partial charge in [0.15, 0.2) is 0 Å². The van der Waals surface area contributed by atoms with Crippen LogP contribution in [0.25, 0.3) is 10.8 Å². The maximum atomic E-state index is 13.1. The van der Waals surface area contributed by atoms with Crippen LogP contribution in [0.15, 0.2) is 66.3 Å². The Morgan fingerprint density at radius 3 is 2.41 bits per heavy atom. The number of piperidine rings is 1. The first kappa shape index (κ1) is 22.0. The molecular formula is C26H27NO5. The summed E-state index contributed by atoms with van der Waals surface area (Å²) in [5.41, 5.74) is -0.312. The number of ketones is 1. The molecule has 0 saturated carbocycles. The summed E-state index contributed by atoms with van der Waals surface area (Å²) in [4.78, 5) is 38.9. The van der Waals surface area contributed by atoms with Crippen LogP contribution in [-0.4, -0.2) is 51.5 Å². The van der Waals surface area contributed by atoms with Crippen LogP contribution >= 0.6 is 0 Å². The highest BCUT2D eigenvalue weighted by molar-refractivity contribution is 5.93. The molecule has 1 heterocycles. The molecule has 1 saturated heterocycles. The molecule has 0 amide bonds. The molecule has 0 bridgehead atoms. The average molecular weight is 434 g/mol. The number of benzene rings is 2. The van der Waals surface area contributed by atoms with Crippen molar-refractivity contribution in [3.8, 4) is 0 Å². The summed E-state index contributed by atoms with van der Waals surface area (Å²) in [7, 11) is 0. The normalized spacial score (nSPS) is 24.3. The van der Waals surface area contributed by atoms with E-state index in [1.54, 1.807) is 13.0 Å². The van der Waals surface area contributed by atoms with Crippen LogP contribution < -0.4 is 0 Å². The van der Waals surface area contributed by atoms with Crippen LogP contribution in [0.3, 0.4) is 0 Å². The SMILES string of the molecule is CC1C(C(=O)O)=CC=CC1(C(=O)O)N1CCC(C(=O)Cc2cccc3ccccc23)CC1. The maximum absolute atomic E-state index is 13.1. The largest absolute Gasteiger partial charge is 0.480 e. The van der Waals surface area contributed by atoms with Crippen molar-refractivity contribution < 1.29 is 24.6 Å². The number of hydrogen-bond donors (Lipinski definition) is 2. The van der Waals surface area contributed by atoms with Crippen molar-refractivity contribution in [3.63, 3.8) is 0 Å². The first-order valence-corrected chi connectivity index (χ1v) is 10.9. The number of likely N-dealkylation sites (tertiary alicyclic amines) is 1. The van der Waals surface area contributed by atoms with Crippen molar-refractivity contribution >= 4 is 28.5 Å². The predicted octanol–water partition coefficient (Wildman–Crippen LogP) is 3.70. The second-order valence-corrected chi connectivity index (χ2v) is 8.68. The van der Waals surface area contributed by atoms with Crippen molar-refractivity contribution in [3.05, 3.63) is 71.8 Å². The molecule has 2 atom stereocenters. The molecule has 2 N–H and O–H groups in total. The van der Waals surface area contributed by atoms with E-state index < -0.39 is 23.4 Å². The fourth-order valence-electron chi connectivity index (χ4n) is 5.20. The van der Waals surface area contributed by atoms with Crippen LogP contribution in [0.1, 0.15) is 25.3 Å². The summed E-state index contributed by atoms with van der Waals surface area (Å²) < 4.78 is 0. The summed E-state index contributed by atoms with van der Waals surface area (Å²) in [6.07, 6.45) is 6.06. The Bertz CT molecular complexity index is 1120. The van der Waals surface area contributed by atoms with Gasteiger partial charge in [0.25, 0.3) is 0 Å². The summed E-state index contributed by atoms with van der Waals surface area (Å²) in [5.74, 6) is -2.83. The summed E-state index contributed by atoms with van der Waals surface area (Å²) in [5, 5.41) is 21.8. The molecule has 2 aromatic carbocycles. The summed E-state index contributed by atoms with van der Waals surface area (Å²) >= 11 is 0. The van der Waals surface area contributed by atoms with E-state index in [4.69, 9.17) is 0 Å². The summed E-state index contributed by atoms with van der Waals surface area (Å²) in [6.45, 7) is 2.51. The number of aliphatic carboxylic acids is 2. The van der Waals surface area contributed by atoms with Crippen LogP contribution in [0.2, 0.25) is 0 Å². The van der Waals surface area contributed by atoms with E-state index in [9.17, 15) is 24.6 Å². The van der Waals surface area contributed by atoms with Gasteiger partial charge in [0, 0.05) is 36.9 Å². The number of carboxylic acids is 2. The Morgan fingerprint density at radius 2 is 1.72 bits per heavy atom. The molecule has 0 radical (unpaired) electrons. The zero-order valence-electron chi connectivity index (χ0n) is 18.0. The van der Waals surface area contributed by atoms with E-state index in [1.807, 2.05) is 47.4 Å². The minimum atomic E-state index is -1.41. The number of nitrogens with zero attached hydrogens (tertiary/aromatic N) is 1. The number of allylic oxidation sites excluding steroid dienone is 2. The van der Waals surface area contributed by atoms with Gasteiger partial charge in [0.2, 0.25) is 0 Å². The van der Waals surface area contributed by atoms with E-state index in [-0.39, 0.29) is 17.3 Å². The Hall–Kier alpha value is -3.25. The smallest absolute Gasteiger partial charge is 0.331 e. The fourth-order valence-corrected chi connectivity index (χ4v) is 5.20. The van der Waals surface area contributed by atoms with E-state index >= 15 is 0 Å². The molecule has 1 fully saturated rings. The van der Waals surface area contributed by atoms with E-state index in [0.717, 1.165) is 16.3 Å². The van der Waals surface area contributed by atoms with Gasteiger partial charge >= 0.3 is 11.9 Å². The van der Waals surface area contributed by atoms with Gasteiger partial charge in [-0.25, -0.2) is 9.59 Å². The molecule has 2 aromatic rings. The fraction of sp³-hybridized carbons (Fsp3) is 0.346. The van der Waals surface area contributed by atoms with Gasteiger partial charge in [-0.1, -0.05) is 67.6 Å². The molecule has 1 aliphatic heterocycles. The Morgan fingerprint density at radius 1 is 1.03 bits per heavy atom. The van der Waals surface area contributed by atoms with Crippen molar-refractivity contribution in [1.82, 2.24) is 4.90 Å². The summed E-state index contributed by atoms with van der Waals surface area (Å²) in [6, 6.07) is 14.0. The number of Topliss-reactive ketones (excluding diaryl/α,β-unsaturated/α-hetero) is 1. The lowest BCUT2D eigenvalue weighted by atomic mass is 9.74. The minimum Gasteiger partial charge on any atom is -0.480 e. The third-order valence-corrected chi connectivity index (χ3v) is 7.06. The molecule has 4 rings (SSSR count). The van der Waals surface area contributed by atoms with Gasteiger partial charge in [-0.2, -0.15) is 0 Å². The van der Waals surface area contributed by atoms with Crippen LogP contribution in [-0.2, 0) is 20.8 Å². The van der Waals surface area contributed by atoms with Gasteiger partial charge in [-0.05, 0) is 29.2 Å². The number of carbonyl (C=O) groups excluding carboxylic acids is 1. The van der Waals surface area contributed by atoms with E-state index in [0.29, 0.717) is 32.4 Å². The highest BCUT2D eigenvalue weighted by Gasteiger charge is 2.51. The van der Waals surface area contributed by atoms with Gasteiger partial charge < -0.3 is 10.2 Å². The van der Waals surface area contributed by atoms with Crippen LogP contribution in [0.4, 0.5) is 0 Å². The van der Waals surface area contributed by atoms with Crippen molar-refractivity contribution in [2.75, 3.05) is 13.1 Å². The topological polar surface area (TPSA) is 94.9 Å². The van der Waals surface area contributed by atoms with E-state index in [1.165, 1.54) is 12.2 Å². The Kier molecular flexibility index (Phi) is 5.98.